The van der Waals surface area contributed by atoms with Gasteiger partial charge in [0.2, 0.25) is 15.9 Å². The molecule has 0 aliphatic carbocycles. The number of sulfonamides is 1. The van der Waals surface area contributed by atoms with Crippen molar-refractivity contribution in [1.82, 2.24) is 9.62 Å². The van der Waals surface area contributed by atoms with Gasteiger partial charge in [0, 0.05) is 13.1 Å². The average molecular weight is 377 g/mol. The van der Waals surface area contributed by atoms with E-state index in [0.29, 0.717) is 25.8 Å². The summed E-state index contributed by atoms with van der Waals surface area (Å²) in [6.07, 6.45) is 2.94. The Hall–Kier alpha value is -1.15. The first-order valence-electron chi connectivity index (χ1n) is 9.04. The molecule has 1 heterocycles. The molecule has 0 aromatic rings. The molecule has 0 saturated carbocycles. The van der Waals surface area contributed by atoms with Crippen LogP contribution in [0, 0.1) is 11.3 Å². The lowest BCUT2D eigenvalue weighted by Gasteiger charge is -2.34. The lowest BCUT2D eigenvalue weighted by molar-refractivity contribution is -0.149. The molecule has 0 bridgehead atoms. The van der Waals surface area contributed by atoms with Crippen molar-refractivity contribution in [2.75, 3.05) is 18.8 Å². The van der Waals surface area contributed by atoms with Crippen molar-refractivity contribution < 1.29 is 23.1 Å². The number of hydrogen-bond acceptors (Lipinski definition) is 4. The summed E-state index contributed by atoms with van der Waals surface area (Å²) in [4.78, 5) is 24.2. The summed E-state index contributed by atoms with van der Waals surface area (Å²) in [6.45, 7) is 7.62. The molecule has 1 rings (SSSR count). The van der Waals surface area contributed by atoms with E-state index in [4.69, 9.17) is 0 Å². The van der Waals surface area contributed by atoms with Crippen LogP contribution < -0.4 is 5.32 Å². The first kappa shape index (κ1) is 21.9. The SMILES string of the molecule is CCCS(=O)(=O)N1CCCCC1C(=O)NCC(C)(CC(C)C)C(=O)O. The number of nitrogens with zero attached hydrogens (tertiary/aromatic N) is 1. The first-order chi connectivity index (χ1) is 11.5. The van der Waals surface area contributed by atoms with Crippen LogP contribution in [0.1, 0.15) is 59.8 Å². The van der Waals surface area contributed by atoms with Crippen LogP contribution in [0.4, 0.5) is 0 Å². The Kier molecular flexibility index (Phi) is 7.87. The quantitative estimate of drug-likeness (QED) is 0.639. The van der Waals surface area contributed by atoms with Gasteiger partial charge >= 0.3 is 5.97 Å². The van der Waals surface area contributed by atoms with Crippen molar-refractivity contribution >= 4 is 21.9 Å². The van der Waals surface area contributed by atoms with Gasteiger partial charge in [-0.15, -0.1) is 0 Å². The second-order valence-electron chi connectivity index (χ2n) is 7.62. The van der Waals surface area contributed by atoms with Crippen LogP contribution in [-0.2, 0) is 19.6 Å². The fraction of sp³-hybridized carbons (Fsp3) is 0.882. The fourth-order valence-corrected chi connectivity index (χ4v) is 5.16. The minimum Gasteiger partial charge on any atom is -0.481 e. The van der Waals surface area contributed by atoms with Gasteiger partial charge in [0.25, 0.3) is 0 Å². The van der Waals surface area contributed by atoms with Crippen LogP contribution in [0.2, 0.25) is 0 Å². The van der Waals surface area contributed by atoms with Crippen molar-refractivity contribution in [3.63, 3.8) is 0 Å². The van der Waals surface area contributed by atoms with E-state index < -0.39 is 33.4 Å². The van der Waals surface area contributed by atoms with Crippen molar-refractivity contribution in [2.24, 2.45) is 11.3 Å². The molecule has 7 nitrogen and oxygen atoms in total. The van der Waals surface area contributed by atoms with Crippen molar-refractivity contribution in [3.8, 4) is 0 Å². The molecule has 0 aromatic heterocycles. The van der Waals surface area contributed by atoms with E-state index in [1.165, 1.54) is 4.31 Å². The Labute approximate surface area is 151 Å². The van der Waals surface area contributed by atoms with E-state index in [9.17, 15) is 23.1 Å². The van der Waals surface area contributed by atoms with E-state index in [-0.39, 0.29) is 18.2 Å². The fourth-order valence-electron chi connectivity index (χ4n) is 3.41. The normalized spacial score (nSPS) is 21.7. The smallest absolute Gasteiger partial charge is 0.311 e. The van der Waals surface area contributed by atoms with Gasteiger partial charge in [-0.05, 0) is 38.5 Å². The third-order valence-corrected chi connectivity index (χ3v) is 6.68. The standard InChI is InChI=1S/C17H32N2O5S/c1-5-10-25(23,24)19-9-7-6-8-14(19)15(20)18-12-17(4,16(21)22)11-13(2)3/h13-14H,5-12H2,1-4H3,(H,18,20)(H,21,22). The molecule has 0 spiro atoms. The molecule has 1 amide bonds. The molecule has 1 saturated heterocycles. The van der Waals surface area contributed by atoms with E-state index in [1.807, 2.05) is 13.8 Å². The number of carboxylic acids is 1. The minimum absolute atomic E-state index is 0.00247. The highest BCUT2D eigenvalue weighted by atomic mass is 32.2. The molecule has 25 heavy (non-hydrogen) atoms. The number of hydrogen-bond donors (Lipinski definition) is 2. The number of rotatable bonds is 9. The van der Waals surface area contributed by atoms with Gasteiger partial charge in [-0.25, -0.2) is 8.42 Å². The predicted octanol–water partition coefficient (Wildman–Crippen LogP) is 1.83. The van der Waals surface area contributed by atoms with Crippen molar-refractivity contribution in [2.45, 2.75) is 65.8 Å². The van der Waals surface area contributed by atoms with Crippen molar-refractivity contribution in [1.29, 1.82) is 0 Å². The molecule has 2 atom stereocenters. The van der Waals surface area contributed by atoms with E-state index in [2.05, 4.69) is 5.32 Å². The maximum absolute atomic E-state index is 12.6. The largest absolute Gasteiger partial charge is 0.481 e. The number of carboxylic acid groups (broad SMARTS) is 1. The van der Waals surface area contributed by atoms with Crippen LogP contribution in [0.5, 0.6) is 0 Å². The molecular formula is C17H32N2O5S. The lowest BCUT2D eigenvalue weighted by atomic mass is 9.82. The summed E-state index contributed by atoms with van der Waals surface area (Å²) in [5.41, 5.74) is -1.06. The summed E-state index contributed by atoms with van der Waals surface area (Å²) < 4.78 is 26.1. The minimum atomic E-state index is -3.46. The summed E-state index contributed by atoms with van der Waals surface area (Å²) >= 11 is 0. The molecular weight excluding hydrogens is 344 g/mol. The highest BCUT2D eigenvalue weighted by molar-refractivity contribution is 7.89. The van der Waals surface area contributed by atoms with E-state index in [1.54, 1.807) is 13.8 Å². The molecule has 2 unspecified atom stereocenters. The molecule has 8 heteroatoms. The Bertz CT molecular complexity index is 576. The van der Waals surface area contributed by atoms with Crippen LogP contribution in [0.15, 0.2) is 0 Å². The number of carbonyl (C=O) groups excluding carboxylic acids is 1. The highest BCUT2D eigenvalue weighted by Gasteiger charge is 2.39. The van der Waals surface area contributed by atoms with Crippen LogP contribution in [0.25, 0.3) is 0 Å². The van der Waals surface area contributed by atoms with Crippen LogP contribution >= 0.6 is 0 Å². The summed E-state index contributed by atoms with van der Waals surface area (Å²) in [5, 5.41) is 12.2. The number of piperidine rings is 1. The van der Waals surface area contributed by atoms with Gasteiger partial charge < -0.3 is 10.4 Å². The molecule has 2 N–H and O–H groups in total. The third kappa shape index (κ3) is 5.95. The van der Waals surface area contributed by atoms with Gasteiger partial charge in [0.15, 0.2) is 0 Å². The van der Waals surface area contributed by atoms with Crippen LogP contribution in [0.3, 0.4) is 0 Å². The maximum atomic E-state index is 12.6. The molecule has 1 fully saturated rings. The van der Waals surface area contributed by atoms with Gasteiger partial charge in [-0.1, -0.05) is 27.2 Å². The number of aliphatic carboxylic acids is 1. The summed E-state index contributed by atoms with van der Waals surface area (Å²) in [7, 11) is -3.46. The topological polar surface area (TPSA) is 104 Å². The van der Waals surface area contributed by atoms with Crippen LogP contribution in [-0.4, -0.2) is 54.6 Å². The second kappa shape index (κ2) is 8.98. The number of nitrogens with one attached hydrogen (secondary N) is 1. The van der Waals surface area contributed by atoms with Gasteiger partial charge in [0.1, 0.15) is 6.04 Å². The zero-order chi connectivity index (χ0) is 19.3. The monoisotopic (exact) mass is 376 g/mol. The van der Waals surface area contributed by atoms with Crippen molar-refractivity contribution in [3.05, 3.63) is 0 Å². The summed E-state index contributed by atoms with van der Waals surface area (Å²) in [5.74, 6) is -1.15. The Morgan fingerprint density at radius 2 is 1.96 bits per heavy atom. The average Bonchev–Trinajstić information content (AvgIpc) is 2.51. The van der Waals surface area contributed by atoms with E-state index >= 15 is 0 Å². The summed E-state index contributed by atoms with van der Waals surface area (Å²) in [6, 6.07) is -0.734. The van der Waals surface area contributed by atoms with Gasteiger partial charge in [-0.3, -0.25) is 9.59 Å². The van der Waals surface area contributed by atoms with Gasteiger partial charge in [-0.2, -0.15) is 4.31 Å². The Morgan fingerprint density at radius 3 is 2.48 bits per heavy atom. The maximum Gasteiger partial charge on any atom is 0.311 e. The van der Waals surface area contributed by atoms with Gasteiger partial charge in [0.05, 0.1) is 11.2 Å². The molecule has 146 valence electrons. The molecule has 0 aromatic carbocycles. The predicted molar refractivity (Wildman–Crippen MR) is 96.6 cm³/mol. The third-order valence-electron chi connectivity index (χ3n) is 4.60. The molecule has 0 radical (unpaired) electrons. The number of carbonyl (C=O) groups is 2. The highest BCUT2D eigenvalue weighted by Crippen LogP contribution is 2.26. The van der Waals surface area contributed by atoms with E-state index in [0.717, 1.165) is 12.8 Å². The Morgan fingerprint density at radius 1 is 1.32 bits per heavy atom. The molecule has 1 aliphatic rings. The Balaban J connectivity index is 2.84. The molecule has 1 aliphatic heterocycles. The number of amides is 1. The zero-order valence-electron chi connectivity index (χ0n) is 15.7. The zero-order valence-corrected chi connectivity index (χ0v) is 16.6. The lowest BCUT2D eigenvalue weighted by Crippen LogP contribution is -2.54. The second-order valence-corrected chi connectivity index (χ2v) is 9.66. The first-order valence-corrected chi connectivity index (χ1v) is 10.6.